The monoisotopic (exact) mass is 243 g/mol. The first-order chi connectivity index (χ1) is 7.36. The van der Waals surface area contributed by atoms with Gasteiger partial charge >= 0.3 is 0 Å². The van der Waals surface area contributed by atoms with Crippen molar-refractivity contribution in [2.24, 2.45) is 5.92 Å². The normalized spacial score (nSPS) is 19.4. The van der Waals surface area contributed by atoms with Gasteiger partial charge in [0.2, 0.25) is 0 Å². The molecule has 0 saturated carbocycles. The molecule has 2 heterocycles. The Hall–Kier alpha value is -0.840. The van der Waals surface area contributed by atoms with Gasteiger partial charge in [-0.05, 0) is 44.1 Å². The summed E-state index contributed by atoms with van der Waals surface area (Å²) in [7, 11) is 0. The number of H-pyrrole nitrogens is 1. The second-order valence-electron chi connectivity index (χ2n) is 4.00. The highest BCUT2D eigenvalue weighted by Gasteiger charge is 2.14. The summed E-state index contributed by atoms with van der Waals surface area (Å²) in [4.78, 5) is 14.5. The predicted octanol–water partition coefficient (Wildman–Crippen LogP) is 0.818. The highest BCUT2D eigenvalue weighted by molar-refractivity contribution is 5.95. The average Bonchev–Trinajstić information content (AvgIpc) is 2.90. The average molecular weight is 244 g/mol. The SMILES string of the molecule is Cl.O=C(CNCC1CCNC1)c1ccc[nH]1. The zero-order valence-corrected chi connectivity index (χ0v) is 9.98. The number of hydrogen-bond donors (Lipinski definition) is 3. The highest BCUT2D eigenvalue weighted by Crippen LogP contribution is 2.05. The Bertz CT molecular complexity index is 307. The molecule has 1 unspecified atom stereocenters. The van der Waals surface area contributed by atoms with E-state index < -0.39 is 0 Å². The molecule has 4 nitrogen and oxygen atoms in total. The summed E-state index contributed by atoms with van der Waals surface area (Å²) >= 11 is 0. The van der Waals surface area contributed by atoms with Crippen molar-refractivity contribution in [2.75, 3.05) is 26.2 Å². The summed E-state index contributed by atoms with van der Waals surface area (Å²) in [6.45, 7) is 3.54. The van der Waals surface area contributed by atoms with E-state index in [4.69, 9.17) is 0 Å². The fourth-order valence-corrected chi connectivity index (χ4v) is 1.88. The molecule has 3 N–H and O–H groups in total. The van der Waals surface area contributed by atoms with Crippen molar-refractivity contribution in [3.05, 3.63) is 24.0 Å². The van der Waals surface area contributed by atoms with Crippen LogP contribution in [0.15, 0.2) is 18.3 Å². The van der Waals surface area contributed by atoms with Crippen LogP contribution >= 0.6 is 12.4 Å². The Kier molecular flexibility index (Phi) is 5.52. The summed E-state index contributed by atoms with van der Waals surface area (Å²) in [5.74, 6) is 0.812. The van der Waals surface area contributed by atoms with Crippen molar-refractivity contribution in [1.82, 2.24) is 15.6 Å². The summed E-state index contributed by atoms with van der Waals surface area (Å²) < 4.78 is 0. The molecular formula is C11H18ClN3O. The van der Waals surface area contributed by atoms with E-state index in [2.05, 4.69) is 15.6 Å². The van der Waals surface area contributed by atoms with Gasteiger partial charge in [-0.1, -0.05) is 0 Å². The van der Waals surface area contributed by atoms with Crippen molar-refractivity contribution >= 4 is 18.2 Å². The van der Waals surface area contributed by atoms with Gasteiger partial charge in [0, 0.05) is 6.20 Å². The lowest BCUT2D eigenvalue weighted by molar-refractivity contribution is 0.0986. The predicted molar refractivity (Wildman–Crippen MR) is 66.2 cm³/mol. The smallest absolute Gasteiger partial charge is 0.192 e. The molecule has 0 bridgehead atoms. The largest absolute Gasteiger partial charge is 0.359 e. The molecule has 16 heavy (non-hydrogen) atoms. The van der Waals surface area contributed by atoms with Gasteiger partial charge in [0.05, 0.1) is 12.2 Å². The van der Waals surface area contributed by atoms with Crippen LogP contribution in [0.3, 0.4) is 0 Å². The number of aromatic amines is 1. The summed E-state index contributed by atoms with van der Waals surface area (Å²) in [5, 5.41) is 6.51. The van der Waals surface area contributed by atoms with E-state index in [9.17, 15) is 4.79 Å². The number of carbonyl (C=O) groups excluding carboxylic acids is 1. The number of halogens is 1. The Morgan fingerprint density at radius 3 is 3.06 bits per heavy atom. The van der Waals surface area contributed by atoms with Crippen LogP contribution in [0.4, 0.5) is 0 Å². The zero-order chi connectivity index (χ0) is 10.5. The number of carbonyl (C=O) groups is 1. The van der Waals surface area contributed by atoms with Gasteiger partial charge in [-0.3, -0.25) is 4.79 Å². The maximum absolute atomic E-state index is 11.6. The first-order valence-electron chi connectivity index (χ1n) is 5.44. The molecule has 0 aromatic carbocycles. The van der Waals surface area contributed by atoms with Crippen LogP contribution < -0.4 is 10.6 Å². The number of nitrogens with one attached hydrogen (secondary N) is 3. The van der Waals surface area contributed by atoms with Crippen molar-refractivity contribution < 1.29 is 4.79 Å². The molecule has 2 rings (SSSR count). The molecule has 1 aromatic rings. The molecule has 1 atom stereocenters. The molecule has 1 saturated heterocycles. The Labute approximate surface area is 102 Å². The lowest BCUT2D eigenvalue weighted by Crippen LogP contribution is -2.29. The zero-order valence-electron chi connectivity index (χ0n) is 9.16. The fraction of sp³-hybridized carbons (Fsp3) is 0.545. The molecule has 1 aromatic heterocycles. The minimum Gasteiger partial charge on any atom is -0.359 e. The molecule has 5 heteroatoms. The number of aromatic nitrogens is 1. The van der Waals surface area contributed by atoms with Crippen LogP contribution in [0.5, 0.6) is 0 Å². The van der Waals surface area contributed by atoms with E-state index in [-0.39, 0.29) is 18.2 Å². The Morgan fingerprint density at radius 1 is 1.56 bits per heavy atom. The summed E-state index contributed by atoms with van der Waals surface area (Å²) in [6.07, 6.45) is 2.98. The van der Waals surface area contributed by atoms with E-state index in [1.807, 2.05) is 6.07 Å². The molecule has 90 valence electrons. The van der Waals surface area contributed by atoms with Gasteiger partial charge in [-0.15, -0.1) is 12.4 Å². The molecule has 0 spiro atoms. The van der Waals surface area contributed by atoms with Gasteiger partial charge in [-0.25, -0.2) is 0 Å². The van der Waals surface area contributed by atoms with E-state index >= 15 is 0 Å². The summed E-state index contributed by atoms with van der Waals surface area (Å²) in [5.41, 5.74) is 0.687. The van der Waals surface area contributed by atoms with Gasteiger partial charge < -0.3 is 15.6 Å². The molecule has 0 aliphatic carbocycles. The lowest BCUT2D eigenvalue weighted by atomic mass is 10.1. The van der Waals surface area contributed by atoms with Gasteiger partial charge in [-0.2, -0.15) is 0 Å². The van der Waals surface area contributed by atoms with Crippen molar-refractivity contribution in [2.45, 2.75) is 6.42 Å². The first kappa shape index (κ1) is 13.2. The maximum atomic E-state index is 11.6. The molecule has 0 amide bonds. The van der Waals surface area contributed by atoms with Crippen molar-refractivity contribution in [1.29, 1.82) is 0 Å². The second kappa shape index (κ2) is 6.68. The third-order valence-corrected chi connectivity index (χ3v) is 2.78. The van der Waals surface area contributed by atoms with Crippen LogP contribution in [0.1, 0.15) is 16.9 Å². The number of ketones is 1. The molecule has 1 aliphatic rings. The summed E-state index contributed by atoms with van der Waals surface area (Å²) in [6, 6.07) is 3.65. The van der Waals surface area contributed by atoms with E-state index in [0.717, 1.165) is 19.6 Å². The Balaban J connectivity index is 0.00000128. The topological polar surface area (TPSA) is 56.9 Å². The molecular weight excluding hydrogens is 226 g/mol. The van der Waals surface area contributed by atoms with Crippen molar-refractivity contribution in [3.8, 4) is 0 Å². The second-order valence-corrected chi connectivity index (χ2v) is 4.00. The molecule has 1 fully saturated rings. The van der Waals surface area contributed by atoms with Crippen LogP contribution in [0, 0.1) is 5.92 Å². The number of hydrogen-bond acceptors (Lipinski definition) is 3. The van der Waals surface area contributed by atoms with E-state index in [1.165, 1.54) is 6.42 Å². The lowest BCUT2D eigenvalue weighted by Gasteiger charge is -2.08. The van der Waals surface area contributed by atoms with Gasteiger partial charge in [0.1, 0.15) is 0 Å². The van der Waals surface area contributed by atoms with E-state index in [1.54, 1.807) is 12.3 Å². The van der Waals surface area contributed by atoms with Gasteiger partial charge in [0.15, 0.2) is 5.78 Å². The number of rotatable bonds is 5. The Morgan fingerprint density at radius 2 is 2.44 bits per heavy atom. The minimum atomic E-state index is 0. The van der Waals surface area contributed by atoms with Crippen LogP contribution in [0.2, 0.25) is 0 Å². The molecule has 1 aliphatic heterocycles. The molecule has 0 radical (unpaired) electrons. The third kappa shape index (κ3) is 3.63. The van der Waals surface area contributed by atoms with Gasteiger partial charge in [0.25, 0.3) is 0 Å². The minimum absolute atomic E-state index is 0. The highest BCUT2D eigenvalue weighted by atomic mass is 35.5. The first-order valence-corrected chi connectivity index (χ1v) is 5.44. The van der Waals surface area contributed by atoms with Crippen LogP contribution in [0.25, 0.3) is 0 Å². The number of Topliss-reactive ketones (excluding diaryl/α,β-unsaturated/α-hetero) is 1. The van der Waals surface area contributed by atoms with E-state index in [0.29, 0.717) is 18.2 Å². The van der Waals surface area contributed by atoms with Crippen LogP contribution in [-0.4, -0.2) is 36.9 Å². The quantitative estimate of drug-likeness (QED) is 0.671. The van der Waals surface area contributed by atoms with Crippen molar-refractivity contribution in [3.63, 3.8) is 0 Å². The fourth-order valence-electron chi connectivity index (χ4n) is 1.88. The third-order valence-electron chi connectivity index (χ3n) is 2.78. The standard InChI is InChI=1S/C11H17N3O.ClH/c15-11(10-2-1-4-14-10)8-13-7-9-3-5-12-6-9;/h1-2,4,9,12-14H,3,5-8H2;1H. The maximum Gasteiger partial charge on any atom is 0.192 e. The van der Waals surface area contributed by atoms with Crippen LogP contribution in [-0.2, 0) is 0 Å².